The maximum atomic E-state index is 12.1. The molecule has 0 aromatic heterocycles. The van der Waals surface area contributed by atoms with Crippen molar-refractivity contribution >= 4 is 11.8 Å². The Hall–Kier alpha value is -1.75. The summed E-state index contributed by atoms with van der Waals surface area (Å²) in [6.07, 6.45) is -0.267. The summed E-state index contributed by atoms with van der Waals surface area (Å²) in [4.78, 5) is 13.8. The first-order chi connectivity index (χ1) is 9.32. The van der Waals surface area contributed by atoms with Crippen molar-refractivity contribution in [3.63, 3.8) is 0 Å². The lowest BCUT2D eigenvalue weighted by molar-refractivity contribution is -0.289. The number of likely N-dealkylation sites (tertiary alicyclic amines) is 1. The second-order valence-corrected chi connectivity index (χ2v) is 6.45. The van der Waals surface area contributed by atoms with Crippen LogP contribution in [0.15, 0.2) is 24.3 Å². The zero-order valence-corrected chi connectivity index (χ0v) is 12.1. The third-order valence-electron chi connectivity index (χ3n) is 3.85. The molecule has 2 atom stereocenters. The number of ether oxygens (including phenoxy) is 2. The Labute approximate surface area is 118 Å². The fraction of sp³-hybridized carbons (Fsp3) is 0.533. The summed E-state index contributed by atoms with van der Waals surface area (Å²) in [5, 5.41) is 0. The molecule has 2 aliphatic rings. The van der Waals surface area contributed by atoms with Crippen molar-refractivity contribution in [2.24, 2.45) is 0 Å². The third-order valence-corrected chi connectivity index (χ3v) is 3.85. The number of nitrogens with zero attached hydrogens (tertiary/aromatic N) is 1. The summed E-state index contributed by atoms with van der Waals surface area (Å²) in [5.74, 6) is 0. The van der Waals surface area contributed by atoms with Gasteiger partial charge in [-0.3, -0.25) is 4.90 Å². The average molecular weight is 276 g/mol. The van der Waals surface area contributed by atoms with Gasteiger partial charge in [0.1, 0.15) is 11.2 Å². The van der Waals surface area contributed by atoms with Gasteiger partial charge in [0.25, 0.3) is 0 Å². The predicted molar refractivity (Wildman–Crippen MR) is 75.2 cm³/mol. The van der Waals surface area contributed by atoms with Crippen LogP contribution in [-0.2, 0) is 15.1 Å². The first kappa shape index (κ1) is 13.2. The number of hydrogen-bond acceptors (Lipinski definition) is 4. The predicted octanol–water partition coefficient (Wildman–Crippen LogP) is 2.11. The van der Waals surface area contributed by atoms with Crippen LogP contribution >= 0.6 is 0 Å². The topological polar surface area (TPSA) is 64.8 Å². The van der Waals surface area contributed by atoms with Gasteiger partial charge in [0, 0.05) is 5.69 Å². The Morgan fingerprint density at radius 1 is 1.40 bits per heavy atom. The monoisotopic (exact) mass is 276 g/mol. The molecule has 20 heavy (non-hydrogen) atoms. The fourth-order valence-corrected chi connectivity index (χ4v) is 2.75. The maximum Gasteiger partial charge on any atom is 0.410 e. The quantitative estimate of drug-likeness (QED) is 0.798. The normalized spacial score (nSPS) is 28.1. The Morgan fingerprint density at radius 3 is 2.50 bits per heavy atom. The number of benzene rings is 1. The summed E-state index contributed by atoms with van der Waals surface area (Å²) in [5.41, 5.74) is 6.67. The molecular formula is C15H20N2O3. The molecule has 2 fully saturated rings. The summed E-state index contributed by atoms with van der Waals surface area (Å²) in [6.45, 7) is 6.71. The lowest BCUT2D eigenvalue weighted by atomic mass is 9.74. The SMILES string of the molecule is CC(C)(C)OC(=O)N1CC2(c3ccc(N)cc3)OC[C@@H]12. The van der Waals surface area contributed by atoms with Crippen molar-refractivity contribution < 1.29 is 14.3 Å². The van der Waals surface area contributed by atoms with Crippen LogP contribution in [0, 0.1) is 0 Å². The van der Waals surface area contributed by atoms with E-state index < -0.39 is 5.60 Å². The van der Waals surface area contributed by atoms with E-state index in [-0.39, 0.29) is 17.7 Å². The highest BCUT2D eigenvalue weighted by atomic mass is 16.6. The maximum absolute atomic E-state index is 12.1. The molecule has 0 bridgehead atoms. The van der Waals surface area contributed by atoms with Gasteiger partial charge >= 0.3 is 6.09 Å². The molecule has 1 amide bonds. The van der Waals surface area contributed by atoms with E-state index in [2.05, 4.69) is 0 Å². The smallest absolute Gasteiger partial charge is 0.410 e. The van der Waals surface area contributed by atoms with Gasteiger partial charge < -0.3 is 15.2 Å². The summed E-state index contributed by atoms with van der Waals surface area (Å²) < 4.78 is 11.2. The van der Waals surface area contributed by atoms with Gasteiger partial charge in [-0.25, -0.2) is 4.79 Å². The van der Waals surface area contributed by atoms with Gasteiger partial charge in [-0.1, -0.05) is 12.1 Å². The number of carbonyl (C=O) groups is 1. The van der Waals surface area contributed by atoms with Gasteiger partial charge in [0.15, 0.2) is 0 Å². The van der Waals surface area contributed by atoms with E-state index in [0.717, 1.165) is 11.3 Å². The van der Waals surface area contributed by atoms with Crippen LogP contribution in [0.5, 0.6) is 0 Å². The number of nitrogen functional groups attached to an aromatic ring is 1. The molecule has 2 N–H and O–H groups in total. The zero-order valence-electron chi connectivity index (χ0n) is 12.1. The highest BCUT2D eigenvalue weighted by Crippen LogP contribution is 2.49. The minimum Gasteiger partial charge on any atom is -0.444 e. The Bertz CT molecular complexity index is 535. The van der Waals surface area contributed by atoms with Crippen LogP contribution in [0.1, 0.15) is 26.3 Å². The Kier molecular flexibility index (Phi) is 2.73. The molecule has 3 rings (SSSR count). The molecular weight excluding hydrogens is 256 g/mol. The molecule has 2 heterocycles. The lowest BCUT2D eigenvalue weighted by Crippen LogP contribution is -2.78. The van der Waals surface area contributed by atoms with E-state index in [1.54, 1.807) is 4.90 Å². The number of amides is 1. The molecule has 0 saturated carbocycles. The first-order valence-corrected chi connectivity index (χ1v) is 6.81. The molecule has 2 aliphatic heterocycles. The number of fused-ring (bicyclic) bond motifs is 1. The number of anilines is 1. The van der Waals surface area contributed by atoms with Crippen LogP contribution in [0.2, 0.25) is 0 Å². The summed E-state index contributed by atoms with van der Waals surface area (Å²) in [6, 6.07) is 7.72. The Balaban J connectivity index is 1.72. The Morgan fingerprint density at radius 2 is 2.05 bits per heavy atom. The number of hydrogen-bond donors (Lipinski definition) is 1. The van der Waals surface area contributed by atoms with Gasteiger partial charge in [-0.15, -0.1) is 0 Å². The van der Waals surface area contributed by atoms with Crippen molar-refractivity contribution in [1.82, 2.24) is 4.90 Å². The molecule has 5 heteroatoms. The molecule has 0 radical (unpaired) electrons. The second kappa shape index (κ2) is 4.12. The van der Waals surface area contributed by atoms with E-state index in [1.807, 2.05) is 45.0 Å². The largest absolute Gasteiger partial charge is 0.444 e. The van der Waals surface area contributed by atoms with Crippen molar-refractivity contribution in [1.29, 1.82) is 0 Å². The van der Waals surface area contributed by atoms with Crippen LogP contribution < -0.4 is 5.73 Å². The van der Waals surface area contributed by atoms with Crippen molar-refractivity contribution in [3.8, 4) is 0 Å². The van der Waals surface area contributed by atoms with E-state index in [1.165, 1.54) is 0 Å². The molecule has 0 aliphatic carbocycles. The van der Waals surface area contributed by atoms with E-state index in [0.29, 0.717) is 13.2 Å². The summed E-state index contributed by atoms with van der Waals surface area (Å²) >= 11 is 0. The first-order valence-electron chi connectivity index (χ1n) is 6.81. The minimum atomic E-state index is -0.471. The standard InChI is InChI=1S/C15H20N2O3/c1-14(2,3)20-13(18)17-9-15(12(17)8-19-15)10-4-6-11(16)7-5-10/h4-7,12H,8-9,16H2,1-3H3/t12-,15?/m1/s1. The molecule has 2 saturated heterocycles. The zero-order chi connectivity index (χ0) is 14.5. The van der Waals surface area contributed by atoms with Crippen LogP contribution in [0.3, 0.4) is 0 Å². The van der Waals surface area contributed by atoms with Crippen molar-refractivity contribution in [2.75, 3.05) is 18.9 Å². The third kappa shape index (κ3) is 1.93. The minimum absolute atomic E-state index is 0.0703. The highest BCUT2D eigenvalue weighted by molar-refractivity contribution is 5.71. The van der Waals surface area contributed by atoms with E-state index in [9.17, 15) is 4.79 Å². The lowest BCUT2D eigenvalue weighted by Gasteiger charge is -2.63. The molecule has 5 nitrogen and oxygen atoms in total. The number of nitrogens with two attached hydrogens (primary N) is 1. The number of morpholine rings is 1. The average Bonchev–Trinajstić information content (AvgIpc) is 2.32. The molecule has 0 spiro atoms. The number of rotatable bonds is 1. The van der Waals surface area contributed by atoms with Gasteiger partial charge in [0.2, 0.25) is 0 Å². The molecule has 1 aromatic rings. The van der Waals surface area contributed by atoms with Crippen LogP contribution in [-0.4, -0.2) is 35.8 Å². The van der Waals surface area contributed by atoms with Crippen molar-refractivity contribution in [3.05, 3.63) is 29.8 Å². The van der Waals surface area contributed by atoms with Gasteiger partial charge in [-0.05, 0) is 38.5 Å². The van der Waals surface area contributed by atoms with Crippen LogP contribution in [0.25, 0.3) is 0 Å². The van der Waals surface area contributed by atoms with Gasteiger partial charge in [0.05, 0.1) is 19.2 Å². The van der Waals surface area contributed by atoms with E-state index in [4.69, 9.17) is 15.2 Å². The highest BCUT2D eigenvalue weighted by Gasteiger charge is 2.64. The van der Waals surface area contributed by atoms with E-state index >= 15 is 0 Å². The molecule has 1 unspecified atom stereocenters. The van der Waals surface area contributed by atoms with Crippen LogP contribution in [0.4, 0.5) is 10.5 Å². The molecule has 1 aromatic carbocycles. The summed E-state index contributed by atoms with van der Waals surface area (Å²) in [7, 11) is 0. The molecule has 108 valence electrons. The second-order valence-electron chi connectivity index (χ2n) is 6.45. The fourth-order valence-electron chi connectivity index (χ4n) is 2.75. The number of carbonyl (C=O) groups excluding carboxylic acids is 1. The van der Waals surface area contributed by atoms with Gasteiger partial charge in [-0.2, -0.15) is 0 Å². The van der Waals surface area contributed by atoms with Crippen molar-refractivity contribution in [2.45, 2.75) is 38.0 Å².